The van der Waals surface area contributed by atoms with Crippen molar-refractivity contribution >= 4 is 11.8 Å². The number of hydrogen-bond acceptors (Lipinski definition) is 4. The third-order valence-electron chi connectivity index (χ3n) is 2.75. The van der Waals surface area contributed by atoms with Crippen molar-refractivity contribution in [2.24, 2.45) is 0 Å². The van der Waals surface area contributed by atoms with E-state index in [2.05, 4.69) is 4.98 Å². The molecule has 0 N–H and O–H groups in total. The van der Waals surface area contributed by atoms with E-state index in [1.165, 1.54) is 23.9 Å². The van der Waals surface area contributed by atoms with Crippen molar-refractivity contribution in [3.63, 3.8) is 0 Å². The largest absolute Gasteiger partial charge is 0.428 e. The molecule has 2 aromatic carbocycles. The number of hydrogen-bond donors (Lipinski definition) is 0. The summed E-state index contributed by atoms with van der Waals surface area (Å²) in [7, 11) is 0. The van der Waals surface area contributed by atoms with Crippen LogP contribution in [-0.4, -0.2) is 4.98 Å². The number of nitrogens with zero attached hydrogens (tertiary/aromatic N) is 2. The van der Waals surface area contributed by atoms with E-state index in [0.29, 0.717) is 11.0 Å². The van der Waals surface area contributed by atoms with Crippen molar-refractivity contribution in [3.05, 3.63) is 66.1 Å². The molecule has 3 nitrogen and oxygen atoms in total. The zero-order chi connectivity index (χ0) is 14.7. The fourth-order valence-corrected chi connectivity index (χ4v) is 2.55. The lowest BCUT2D eigenvalue weighted by atomic mass is 10.2. The lowest BCUT2D eigenvalue weighted by Crippen LogP contribution is -1.79. The van der Waals surface area contributed by atoms with Gasteiger partial charge in [0.05, 0.1) is 0 Å². The molecule has 1 heterocycles. The van der Waals surface area contributed by atoms with Gasteiger partial charge in [-0.1, -0.05) is 18.2 Å². The summed E-state index contributed by atoms with van der Waals surface area (Å²) >= 11 is 1.24. The van der Waals surface area contributed by atoms with Crippen molar-refractivity contribution in [1.29, 1.82) is 5.26 Å². The summed E-state index contributed by atoms with van der Waals surface area (Å²) in [5.74, 6) is 0.0964. The topological polar surface area (TPSA) is 49.8 Å². The fourth-order valence-electron chi connectivity index (χ4n) is 1.76. The summed E-state index contributed by atoms with van der Waals surface area (Å²) in [6, 6.07) is 17.4. The summed E-state index contributed by atoms with van der Waals surface area (Å²) in [5, 5.41) is 9.56. The Morgan fingerprint density at radius 2 is 1.76 bits per heavy atom. The fraction of sp³-hybridized carbons (Fsp3) is 0. The van der Waals surface area contributed by atoms with Crippen molar-refractivity contribution in [2.75, 3.05) is 0 Å². The first kappa shape index (κ1) is 13.4. The summed E-state index contributed by atoms with van der Waals surface area (Å²) in [4.78, 5) is 4.97. The number of nitriles is 1. The van der Waals surface area contributed by atoms with E-state index in [1.807, 2.05) is 36.4 Å². The van der Waals surface area contributed by atoms with E-state index in [-0.39, 0.29) is 11.5 Å². The Bertz CT molecular complexity index is 791. The maximum absolute atomic E-state index is 12.9. The lowest BCUT2D eigenvalue weighted by Gasteiger charge is -1.97. The quantitative estimate of drug-likeness (QED) is 0.714. The average Bonchev–Trinajstić information content (AvgIpc) is 2.93. The Morgan fingerprint density at radius 3 is 2.43 bits per heavy atom. The molecule has 0 fully saturated rings. The van der Waals surface area contributed by atoms with E-state index < -0.39 is 0 Å². The van der Waals surface area contributed by atoms with Gasteiger partial charge in [-0.25, -0.2) is 4.39 Å². The van der Waals surface area contributed by atoms with Crippen LogP contribution >= 0.6 is 11.8 Å². The van der Waals surface area contributed by atoms with Gasteiger partial charge in [-0.15, -0.1) is 0 Å². The Balaban J connectivity index is 1.94. The monoisotopic (exact) mass is 296 g/mol. The van der Waals surface area contributed by atoms with Gasteiger partial charge in [-0.2, -0.15) is 10.2 Å². The van der Waals surface area contributed by atoms with E-state index in [0.717, 1.165) is 10.5 Å². The molecule has 0 bridgehead atoms. The molecule has 3 rings (SSSR count). The van der Waals surface area contributed by atoms with Crippen LogP contribution in [0.4, 0.5) is 4.39 Å². The van der Waals surface area contributed by atoms with Crippen LogP contribution in [0.5, 0.6) is 0 Å². The van der Waals surface area contributed by atoms with Gasteiger partial charge in [0.15, 0.2) is 5.69 Å². The highest BCUT2D eigenvalue weighted by atomic mass is 32.2. The molecule has 21 heavy (non-hydrogen) atoms. The molecule has 0 atom stereocenters. The molecule has 0 aliphatic heterocycles. The number of aromatic nitrogens is 1. The SMILES string of the molecule is N#Cc1nc(-c2ccccc2)oc1Sc1ccc(F)cc1. The predicted octanol–water partition coefficient (Wildman–Crippen LogP) is 4.50. The number of rotatable bonds is 3. The van der Waals surface area contributed by atoms with Crippen LogP contribution in [0.25, 0.3) is 11.5 Å². The molecule has 0 radical (unpaired) electrons. The van der Waals surface area contributed by atoms with E-state index in [9.17, 15) is 4.39 Å². The van der Waals surface area contributed by atoms with E-state index >= 15 is 0 Å². The predicted molar refractivity (Wildman–Crippen MR) is 77.2 cm³/mol. The molecule has 0 aliphatic carbocycles. The van der Waals surface area contributed by atoms with Crippen molar-refractivity contribution < 1.29 is 8.81 Å². The second-order valence-electron chi connectivity index (χ2n) is 4.19. The first-order valence-corrected chi connectivity index (χ1v) is 6.97. The summed E-state index contributed by atoms with van der Waals surface area (Å²) in [6.07, 6.45) is 0. The minimum Gasteiger partial charge on any atom is -0.428 e. The highest BCUT2D eigenvalue weighted by molar-refractivity contribution is 7.99. The number of benzene rings is 2. The summed E-state index contributed by atoms with van der Waals surface area (Å²) < 4.78 is 18.6. The molecule has 102 valence electrons. The first-order valence-electron chi connectivity index (χ1n) is 6.16. The molecule has 0 amide bonds. The van der Waals surface area contributed by atoms with Gasteiger partial charge >= 0.3 is 0 Å². The molecule has 1 aromatic heterocycles. The summed E-state index contributed by atoms with van der Waals surface area (Å²) in [6.45, 7) is 0. The Kier molecular flexibility index (Phi) is 3.71. The van der Waals surface area contributed by atoms with Gasteiger partial charge < -0.3 is 4.42 Å². The van der Waals surface area contributed by atoms with Crippen molar-refractivity contribution in [1.82, 2.24) is 4.98 Å². The Labute approximate surface area is 125 Å². The van der Waals surface area contributed by atoms with Gasteiger partial charge in [-0.3, -0.25) is 0 Å². The maximum Gasteiger partial charge on any atom is 0.228 e. The highest BCUT2D eigenvalue weighted by Crippen LogP contribution is 2.33. The average molecular weight is 296 g/mol. The van der Waals surface area contributed by atoms with Gasteiger partial charge in [0.2, 0.25) is 11.0 Å². The van der Waals surface area contributed by atoms with Crippen LogP contribution in [0, 0.1) is 17.1 Å². The smallest absolute Gasteiger partial charge is 0.228 e. The zero-order valence-electron chi connectivity index (χ0n) is 10.8. The van der Waals surface area contributed by atoms with Crippen LogP contribution in [0.2, 0.25) is 0 Å². The van der Waals surface area contributed by atoms with Crippen LogP contribution in [-0.2, 0) is 0 Å². The molecular formula is C16H9FN2OS. The van der Waals surface area contributed by atoms with Crippen LogP contribution < -0.4 is 0 Å². The molecule has 0 saturated heterocycles. The highest BCUT2D eigenvalue weighted by Gasteiger charge is 2.15. The Morgan fingerprint density at radius 1 is 1.05 bits per heavy atom. The molecule has 0 saturated carbocycles. The first-order chi connectivity index (χ1) is 10.3. The minimum atomic E-state index is -0.303. The summed E-state index contributed by atoms with van der Waals surface area (Å²) in [5.41, 5.74) is 1.03. The van der Waals surface area contributed by atoms with Gasteiger partial charge in [0.25, 0.3) is 0 Å². The lowest BCUT2D eigenvalue weighted by molar-refractivity contribution is 0.483. The second kappa shape index (κ2) is 5.81. The molecular weight excluding hydrogens is 287 g/mol. The van der Waals surface area contributed by atoms with Crippen molar-refractivity contribution in [3.8, 4) is 17.5 Å². The van der Waals surface area contributed by atoms with Gasteiger partial charge in [0.1, 0.15) is 11.9 Å². The van der Waals surface area contributed by atoms with Crippen LogP contribution in [0.3, 0.4) is 0 Å². The normalized spacial score (nSPS) is 10.3. The second-order valence-corrected chi connectivity index (χ2v) is 5.24. The molecule has 0 unspecified atom stereocenters. The molecule has 0 aliphatic rings. The Hall–Kier alpha value is -2.58. The minimum absolute atomic E-state index is 0.225. The number of oxazole rings is 1. The molecule has 5 heteroatoms. The van der Waals surface area contributed by atoms with E-state index in [1.54, 1.807) is 12.1 Å². The number of halogens is 1. The third kappa shape index (κ3) is 2.96. The molecule has 0 spiro atoms. The van der Waals surface area contributed by atoms with Crippen LogP contribution in [0.15, 0.2) is 69.0 Å². The van der Waals surface area contributed by atoms with Crippen molar-refractivity contribution in [2.45, 2.75) is 9.99 Å². The van der Waals surface area contributed by atoms with E-state index in [4.69, 9.17) is 9.68 Å². The zero-order valence-corrected chi connectivity index (χ0v) is 11.6. The molecule has 3 aromatic rings. The van der Waals surface area contributed by atoms with Crippen LogP contribution in [0.1, 0.15) is 5.69 Å². The maximum atomic E-state index is 12.9. The van der Waals surface area contributed by atoms with Gasteiger partial charge in [0, 0.05) is 10.5 Å². The third-order valence-corrected chi connectivity index (χ3v) is 3.72. The van der Waals surface area contributed by atoms with Gasteiger partial charge in [-0.05, 0) is 48.2 Å². The standard InChI is InChI=1S/C16H9FN2OS/c17-12-6-8-13(9-7-12)21-16-14(10-18)19-15(20-16)11-4-2-1-3-5-11/h1-9H.